The van der Waals surface area contributed by atoms with E-state index in [1.807, 2.05) is 6.07 Å². The van der Waals surface area contributed by atoms with Crippen LogP contribution in [0.5, 0.6) is 0 Å². The molecule has 0 fully saturated rings. The quantitative estimate of drug-likeness (QED) is 0.708. The molecule has 0 radical (unpaired) electrons. The van der Waals surface area contributed by atoms with Gasteiger partial charge in [-0.25, -0.2) is 0 Å². The molecular formula is C11H15O3-. The van der Waals surface area contributed by atoms with Crippen molar-refractivity contribution >= 4 is 5.97 Å². The fourth-order valence-electron chi connectivity index (χ4n) is 1.42. The highest BCUT2D eigenvalue weighted by Crippen LogP contribution is 2.16. The van der Waals surface area contributed by atoms with Gasteiger partial charge in [0.2, 0.25) is 0 Å². The molecule has 0 N–H and O–H groups in total. The van der Waals surface area contributed by atoms with Crippen LogP contribution in [0.2, 0.25) is 0 Å². The summed E-state index contributed by atoms with van der Waals surface area (Å²) in [6.45, 7) is 4.24. The Morgan fingerprint density at radius 3 is 2.86 bits per heavy atom. The molecule has 0 saturated heterocycles. The molecule has 0 saturated carbocycles. The molecule has 0 aliphatic rings. The van der Waals surface area contributed by atoms with E-state index in [2.05, 4.69) is 13.8 Å². The molecule has 1 aromatic heterocycles. The summed E-state index contributed by atoms with van der Waals surface area (Å²) < 4.78 is 5.22. The minimum atomic E-state index is -1.03. The summed E-state index contributed by atoms with van der Waals surface area (Å²) in [5.41, 5.74) is 1.11. The number of aryl methyl sites for hydroxylation is 1. The molecule has 1 heterocycles. The third-order valence-corrected chi connectivity index (χ3v) is 2.02. The number of furan rings is 1. The molecular weight excluding hydrogens is 180 g/mol. The number of carbonyl (C=O) groups excluding carboxylic acids is 1. The van der Waals surface area contributed by atoms with Crippen LogP contribution in [-0.2, 0) is 17.6 Å². The van der Waals surface area contributed by atoms with Gasteiger partial charge in [0.05, 0.1) is 6.26 Å². The molecule has 0 aliphatic heterocycles. The van der Waals surface area contributed by atoms with Gasteiger partial charge in [0, 0.05) is 12.4 Å². The molecule has 0 unspecified atom stereocenters. The monoisotopic (exact) mass is 195 g/mol. The van der Waals surface area contributed by atoms with Crippen molar-refractivity contribution in [2.75, 3.05) is 0 Å². The summed E-state index contributed by atoms with van der Waals surface area (Å²) in [4.78, 5) is 10.3. The van der Waals surface area contributed by atoms with E-state index >= 15 is 0 Å². The molecule has 0 amide bonds. The number of aliphatic carboxylic acids is 1. The van der Waals surface area contributed by atoms with Gasteiger partial charge in [0.25, 0.3) is 0 Å². The molecule has 1 aromatic rings. The van der Waals surface area contributed by atoms with Crippen LogP contribution < -0.4 is 5.11 Å². The van der Waals surface area contributed by atoms with E-state index in [-0.39, 0.29) is 6.42 Å². The third kappa shape index (κ3) is 3.24. The second-order valence-electron chi connectivity index (χ2n) is 3.84. The molecule has 0 aromatic carbocycles. The SMILES string of the molecule is CC(C)Cc1ccoc1CCC(=O)[O-]. The summed E-state index contributed by atoms with van der Waals surface area (Å²) in [5, 5.41) is 10.3. The summed E-state index contributed by atoms with van der Waals surface area (Å²) >= 11 is 0. The van der Waals surface area contributed by atoms with Gasteiger partial charge in [0.15, 0.2) is 0 Å². The zero-order chi connectivity index (χ0) is 10.6. The maximum absolute atomic E-state index is 10.3. The Morgan fingerprint density at radius 2 is 2.29 bits per heavy atom. The highest BCUT2D eigenvalue weighted by Gasteiger charge is 2.07. The molecule has 0 aliphatic carbocycles. The minimum absolute atomic E-state index is 0.0264. The standard InChI is InChI=1S/C11H16O3/c1-8(2)7-9-5-6-14-10(9)3-4-11(12)13/h5-6,8H,3-4,7H2,1-2H3,(H,12,13)/p-1. The van der Waals surface area contributed by atoms with Crippen LogP contribution in [0.1, 0.15) is 31.6 Å². The molecule has 0 spiro atoms. The number of rotatable bonds is 5. The first-order valence-corrected chi connectivity index (χ1v) is 4.84. The number of carboxylic acid groups (broad SMARTS) is 1. The molecule has 0 bridgehead atoms. The Bertz CT molecular complexity index is 299. The average molecular weight is 195 g/mol. The van der Waals surface area contributed by atoms with Gasteiger partial charge in [-0.1, -0.05) is 13.8 Å². The van der Waals surface area contributed by atoms with Gasteiger partial charge in [0.1, 0.15) is 5.76 Å². The first-order valence-electron chi connectivity index (χ1n) is 4.84. The third-order valence-electron chi connectivity index (χ3n) is 2.02. The second kappa shape index (κ2) is 4.84. The van der Waals surface area contributed by atoms with Crippen LogP contribution in [0.25, 0.3) is 0 Å². The maximum Gasteiger partial charge on any atom is 0.107 e. The lowest BCUT2D eigenvalue weighted by molar-refractivity contribution is -0.305. The largest absolute Gasteiger partial charge is 0.550 e. The number of carboxylic acids is 1. The molecule has 78 valence electrons. The Hall–Kier alpha value is -1.25. The van der Waals surface area contributed by atoms with Crippen LogP contribution in [0.3, 0.4) is 0 Å². The Balaban J connectivity index is 2.58. The van der Waals surface area contributed by atoms with Crippen molar-refractivity contribution in [3.8, 4) is 0 Å². The van der Waals surface area contributed by atoms with Crippen LogP contribution >= 0.6 is 0 Å². The van der Waals surface area contributed by atoms with Gasteiger partial charge < -0.3 is 14.3 Å². The minimum Gasteiger partial charge on any atom is -0.550 e. The van der Waals surface area contributed by atoms with Gasteiger partial charge >= 0.3 is 0 Å². The number of hydrogen-bond acceptors (Lipinski definition) is 3. The number of carbonyl (C=O) groups is 1. The van der Waals surface area contributed by atoms with E-state index in [1.165, 1.54) is 0 Å². The van der Waals surface area contributed by atoms with Crippen molar-refractivity contribution in [1.29, 1.82) is 0 Å². The van der Waals surface area contributed by atoms with E-state index in [9.17, 15) is 9.90 Å². The van der Waals surface area contributed by atoms with Crippen molar-refractivity contribution in [1.82, 2.24) is 0 Å². The molecule has 14 heavy (non-hydrogen) atoms. The van der Waals surface area contributed by atoms with E-state index in [1.54, 1.807) is 6.26 Å². The van der Waals surface area contributed by atoms with E-state index < -0.39 is 5.97 Å². The lowest BCUT2D eigenvalue weighted by Gasteiger charge is -2.05. The predicted molar refractivity (Wildman–Crippen MR) is 50.6 cm³/mol. The highest BCUT2D eigenvalue weighted by molar-refractivity contribution is 5.64. The Labute approximate surface area is 83.7 Å². The topological polar surface area (TPSA) is 53.3 Å². The summed E-state index contributed by atoms with van der Waals surface area (Å²) in [5.74, 6) is 0.300. The zero-order valence-electron chi connectivity index (χ0n) is 8.58. The zero-order valence-corrected chi connectivity index (χ0v) is 8.58. The maximum atomic E-state index is 10.3. The fraction of sp³-hybridized carbons (Fsp3) is 0.545. The molecule has 3 heteroatoms. The number of hydrogen-bond donors (Lipinski definition) is 0. The van der Waals surface area contributed by atoms with Crippen LogP contribution in [-0.4, -0.2) is 5.97 Å². The van der Waals surface area contributed by atoms with Gasteiger partial charge in [-0.15, -0.1) is 0 Å². The van der Waals surface area contributed by atoms with E-state index in [4.69, 9.17) is 4.42 Å². The van der Waals surface area contributed by atoms with E-state index in [0.29, 0.717) is 12.3 Å². The van der Waals surface area contributed by atoms with Crippen molar-refractivity contribution in [3.63, 3.8) is 0 Å². The van der Waals surface area contributed by atoms with Crippen molar-refractivity contribution < 1.29 is 14.3 Å². The second-order valence-corrected chi connectivity index (χ2v) is 3.84. The van der Waals surface area contributed by atoms with Gasteiger partial charge in [-0.3, -0.25) is 0 Å². The predicted octanol–water partition coefficient (Wildman–Crippen LogP) is 1.16. The summed E-state index contributed by atoms with van der Waals surface area (Å²) in [6.07, 6.45) is 3.00. The first kappa shape index (κ1) is 10.8. The first-order chi connectivity index (χ1) is 6.59. The van der Waals surface area contributed by atoms with Gasteiger partial charge in [-0.05, 0) is 30.4 Å². The van der Waals surface area contributed by atoms with Gasteiger partial charge in [-0.2, -0.15) is 0 Å². The Kier molecular flexibility index (Phi) is 3.74. The summed E-state index contributed by atoms with van der Waals surface area (Å²) in [7, 11) is 0. The van der Waals surface area contributed by atoms with Crippen LogP contribution in [0.4, 0.5) is 0 Å². The normalized spacial score (nSPS) is 10.8. The lowest BCUT2D eigenvalue weighted by Crippen LogP contribution is -2.22. The molecule has 0 atom stereocenters. The van der Waals surface area contributed by atoms with Crippen LogP contribution in [0, 0.1) is 5.92 Å². The van der Waals surface area contributed by atoms with Crippen molar-refractivity contribution in [2.24, 2.45) is 5.92 Å². The lowest BCUT2D eigenvalue weighted by atomic mass is 10.0. The van der Waals surface area contributed by atoms with E-state index in [0.717, 1.165) is 17.7 Å². The Morgan fingerprint density at radius 1 is 1.57 bits per heavy atom. The summed E-state index contributed by atoms with van der Waals surface area (Å²) in [6, 6.07) is 1.91. The molecule has 1 rings (SSSR count). The molecule has 3 nitrogen and oxygen atoms in total. The fourth-order valence-corrected chi connectivity index (χ4v) is 1.42. The van der Waals surface area contributed by atoms with Crippen LogP contribution in [0.15, 0.2) is 16.7 Å². The average Bonchev–Trinajstić information content (AvgIpc) is 2.47. The van der Waals surface area contributed by atoms with Crippen molar-refractivity contribution in [3.05, 3.63) is 23.7 Å². The highest BCUT2D eigenvalue weighted by atomic mass is 16.4. The smallest absolute Gasteiger partial charge is 0.107 e. The van der Waals surface area contributed by atoms with Crippen molar-refractivity contribution in [2.45, 2.75) is 33.1 Å².